The van der Waals surface area contributed by atoms with Crippen LogP contribution in [0, 0.1) is 0 Å². The Hall–Kier alpha value is -2.17. The highest BCUT2D eigenvalue weighted by Crippen LogP contribution is 2.28. The average molecular weight is 278 g/mol. The van der Waals surface area contributed by atoms with Gasteiger partial charge in [0.05, 0.1) is 6.61 Å². The molecule has 0 aliphatic heterocycles. The summed E-state index contributed by atoms with van der Waals surface area (Å²) in [5, 5.41) is 0. The molecule has 0 radical (unpaired) electrons. The zero-order valence-corrected chi connectivity index (χ0v) is 12.1. The van der Waals surface area contributed by atoms with Gasteiger partial charge in [-0.3, -0.25) is 14.4 Å². The molecule has 0 saturated heterocycles. The molecule has 1 unspecified atom stereocenters. The van der Waals surface area contributed by atoms with E-state index in [1.165, 1.54) is 32.9 Å². The standard InChI is InChI=1S/C15H18O5/c1-5-19-14(18)15(4,10(2)16)12-6-8-13(9-7-12)20-11(3)17/h6-9H,5H2,1-4H3. The predicted octanol–water partition coefficient (Wildman–Crippen LogP) is 2.02. The molecule has 0 spiro atoms. The maximum absolute atomic E-state index is 12.0. The molecule has 5 nitrogen and oxygen atoms in total. The summed E-state index contributed by atoms with van der Waals surface area (Å²) in [6, 6.07) is 6.24. The monoisotopic (exact) mass is 278 g/mol. The maximum Gasteiger partial charge on any atom is 0.323 e. The van der Waals surface area contributed by atoms with Crippen molar-refractivity contribution in [2.24, 2.45) is 0 Å². The first-order valence-electron chi connectivity index (χ1n) is 6.29. The molecular weight excluding hydrogens is 260 g/mol. The molecule has 0 aliphatic carbocycles. The zero-order chi connectivity index (χ0) is 15.3. The van der Waals surface area contributed by atoms with Crippen LogP contribution in [0.3, 0.4) is 0 Å². The topological polar surface area (TPSA) is 69.7 Å². The van der Waals surface area contributed by atoms with Gasteiger partial charge in [0.25, 0.3) is 0 Å². The van der Waals surface area contributed by atoms with Crippen LogP contribution in [0.2, 0.25) is 0 Å². The Bertz CT molecular complexity index is 518. The molecule has 5 heteroatoms. The van der Waals surface area contributed by atoms with Gasteiger partial charge in [-0.15, -0.1) is 0 Å². The van der Waals surface area contributed by atoms with Crippen LogP contribution >= 0.6 is 0 Å². The minimum absolute atomic E-state index is 0.202. The number of carbonyl (C=O) groups excluding carboxylic acids is 3. The van der Waals surface area contributed by atoms with Gasteiger partial charge in [-0.1, -0.05) is 12.1 Å². The number of rotatable bonds is 5. The summed E-state index contributed by atoms with van der Waals surface area (Å²) in [5.74, 6) is -0.975. The second kappa shape index (κ2) is 6.32. The van der Waals surface area contributed by atoms with Gasteiger partial charge in [-0.05, 0) is 38.5 Å². The van der Waals surface area contributed by atoms with Gasteiger partial charge >= 0.3 is 11.9 Å². The molecule has 0 fully saturated rings. The Labute approximate surface area is 117 Å². The van der Waals surface area contributed by atoms with Crippen LogP contribution in [0.1, 0.15) is 33.3 Å². The lowest BCUT2D eigenvalue weighted by atomic mass is 9.79. The molecule has 0 bridgehead atoms. The molecule has 1 aromatic rings. The summed E-state index contributed by atoms with van der Waals surface area (Å²) in [6.45, 7) is 6.05. The van der Waals surface area contributed by atoms with Gasteiger partial charge in [0.1, 0.15) is 11.2 Å². The lowest BCUT2D eigenvalue weighted by Gasteiger charge is -2.24. The zero-order valence-electron chi connectivity index (χ0n) is 12.1. The SMILES string of the molecule is CCOC(=O)C(C)(C(C)=O)c1ccc(OC(C)=O)cc1. The number of Topliss-reactive ketones (excluding diaryl/α,β-unsaturated/α-hetero) is 1. The molecule has 0 aliphatic rings. The third-order valence-electron chi connectivity index (χ3n) is 3.08. The van der Waals surface area contributed by atoms with Crippen LogP contribution in [0.5, 0.6) is 5.75 Å². The second-order valence-corrected chi connectivity index (χ2v) is 4.52. The van der Waals surface area contributed by atoms with Crippen molar-refractivity contribution >= 4 is 17.7 Å². The van der Waals surface area contributed by atoms with Crippen LogP contribution in [-0.2, 0) is 24.5 Å². The Morgan fingerprint density at radius 1 is 1.10 bits per heavy atom. The summed E-state index contributed by atoms with van der Waals surface area (Å²) in [5.41, 5.74) is -0.857. The summed E-state index contributed by atoms with van der Waals surface area (Å²) in [4.78, 5) is 34.7. The highest BCUT2D eigenvalue weighted by molar-refractivity contribution is 6.08. The number of benzene rings is 1. The minimum atomic E-state index is -1.36. The molecule has 1 aromatic carbocycles. The molecule has 1 atom stereocenters. The number of hydrogen-bond acceptors (Lipinski definition) is 5. The third kappa shape index (κ3) is 3.23. The van der Waals surface area contributed by atoms with E-state index >= 15 is 0 Å². The first kappa shape index (κ1) is 15.9. The first-order chi connectivity index (χ1) is 9.32. The van der Waals surface area contributed by atoms with Crippen LogP contribution in [0.4, 0.5) is 0 Å². The molecule has 20 heavy (non-hydrogen) atoms. The predicted molar refractivity (Wildman–Crippen MR) is 72.4 cm³/mol. The van der Waals surface area contributed by atoms with Gasteiger partial charge < -0.3 is 9.47 Å². The molecule has 108 valence electrons. The van der Waals surface area contributed by atoms with E-state index in [0.717, 1.165) is 0 Å². The van der Waals surface area contributed by atoms with E-state index in [1.54, 1.807) is 19.1 Å². The van der Waals surface area contributed by atoms with Crippen molar-refractivity contribution in [1.82, 2.24) is 0 Å². The van der Waals surface area contributed by atoms with Crippen molar-refractivity contribution in [2.45, 2.75) is 33.1 Å². The fourth-order valence-corrected chi connectivity index (χ4v) is 1.76. The number of hydrogen-bond donors (Lipinski definition) is 0. The summed E-state index contributed by atoms with van der Waals surface area (Å²) in [7, 11) is 0. The molecule has 0 saturated carbocycles. The van der Waals surface area contributed by atoms with Gasteiger partial charge in [-0.2, -0.15) is 0 Å². The van der Waals surface area contributed by atoms with E-state index in [0.29, 0.717) is 11.3 Å². The fraction of sp³-hybridized carbons (Fsp3) is 0.400. The molecule has 0 heterocycles. The van der Waals surface area contributed by atoms with Crippen LogP contribution in [0.15, 0.2) is 24.3 Å². The Balaban J connectivity index is 3.13. The van der Waals surface area contributed by atoms with Gasteiger partial charge in [0.2, 0.25) is 0 Å². The first-order valence-corrected chi connectivity index (χ1v) is 6.29. The van der Waals surface area contributed by atoms with Gasteiger partial charge in [0.15, 0.2) is 5.78 Å². The van der Waals surface area contributed by atoms with Crippen molar-refractivity contribution < 1.29 is 23.9 Å². The van der Waals surface area contributed by atoms with E-state index in [1.807, 2.05) is 0 Å². The molecule has 0 N–H and O–H groups in total. The van der Waals surface area contributed by atoms with E-state index in [2.05, 4.69) is 0 Å². The van der Waals surface area contributed by atoms with Crippen LogP contribution < -0.4 is 4.74 Å². The van der Waals surface area contributed by atoms with Crippen molar-refractivity contribution in [3.05, 3.63) is 29.8 Å². The van der Waals surface area contributed by atoms with Gasteiger partial charge in [-0.25, -0.2) is 0 Å². The van der Waals surface area contributed by atoms with Crippen LogP contribution in [-0.4, -0.2) is 24.3 Å². The van der Waals surface area contributed by atoms with Gasteiger partial charge in [0, 0.05) is 6.92 Å². The fourth-order valence-electron chi connectivity index (χ4n) is 1.76. The van der Waals surface area contributed by atoms with E-state index in [-0.39, 0.29) is 12.4 Å². The quantitative estimate of drug-likeness (QED) is 0.468. The van der Waals surface area contributed by atoms with E-state index in [4.69, 9.17) is 9.47 Å². The summed E-state index contributed by atoms with van der Waals surface area (Å²) >= 11 is 0. The lowest BCUT2D eigenvalue weighted by Crippen LogP contribution is -2.41. The number of ketones is 1. The second-order valence-electron chi connectivity index (χ2n) is 4.52. The lowest BCUT2D eigenvalue weighted by molar-refractivity contribution is -0.153. The largest absolute Gasteiger partial charge is 0.465 e. The number of ether oxygens (including phenoxy) is 2. The Morgan fingerprint density at radius 2 is 1.65 bits per heavy atom. The average Bonchev–Trinajstić information content (AvgIpc) is 2.38. The molecule has 0 aromatic heterocycles. The van der Waals surface area contributed by atoms with E-state index < -0.39 is 17.4 Å². The number of esters is 2. The Morgan fingerprint density at radius 3 is 2.05 bits per heavy atom. The van der Waals surface area contributed by atoms with Crippen molar-refractivity contribution in [3.63, 3.8) is 0 Å². The van der Waals surface area contributed by atoms with Crippen molar-refractivity contribution in [3.8, 4) is 5.75 Å². The summed E-state index contributed by atoms with van der Waals surface area (Å²) < 4.78 is 9.88. The molecular formula is C15H18O5. The Kier molecular flexibility index (Phi) is 5.02. The highest BCUT2D eigenvalue weighted by atomic mass is 16.5. The van der Waals surface area contributed by atoms with Crippen molar-refractivity contribution in [2.75, 3.05) is 6.61 Å². The number of carbonyl (C=O) groups is 3. The van der Waals surface area contributed by atoms with Crippen molar-refractivity contribution in [1.29, 1.82) is 0 Å². The molecule has 0 amide bonds. The maximum atomic E-state index is 12.0. The van der Waals surface area contributed by atoms with Crippen LogP contribution in [0.25, 0.3) is 0 Å². The normalized spacial score (nSPS) is 13.2. The highest BCUT2D eigenvalue weighted by Gasteiger charge is 2.41. The molecule has 1 rings (SSSR count). The van der Waals surface area contributed by atoms with E-state index in [9.17, 15) is 14.4 Å². The smallest absolute Gasteiger partial charge is 0.323 e. The minimum Gasteiger partial charge on any atom is -0.465 e. The third-order valence-corrected chi connectivity index (χ3v) is 3.08. The summed E-state index contributed by atoms with van der Waals surface area (Å²) in [6.07, 6.45) is 0.